The van der Waals surface area contributed by atoms with Gasteiger partial charge in [-0.05, 0) is 88.1 Å². The topological polar surface area (TPSA) is 21.3 Å². The van der Waals surface area contributed by atoms with Crippen molar-refractivity contribution in [3.8, 4) is 11.1 Å². The third-order valence-corrected chi connectivity index (χ3v) is 8.58. The van der Waals surface area contributed by atoms with Crippen LogP contribution in [-0.2, 0) is 4.74 Å². The zero-order chi connectivity index (χ0) is 42.4. The highest BCUT2D eigenvalue weighted by Gasteiger charge is 2.18. The van der Waals surface area contributed by atoms with E-state index in [1.807, 2.05) is 120 Å². The van der Waals surface area contributed by atoms with Crippen molar-refractivity contribution in [3.05, 3.63) is 272 Å². The van der Waals surface area contributed by atoms with E-state index < -0.39 is 0 Å². The summed E-state index contributed by atoms with van der Waals surface area (Å²) in [6.07, 6.45) is 47.3. The second-order valence-corrected chi connectivity index (χ2v) is 12.5. The van der Waals surface area contributed by atoms with E-state index in [4.69, 9.17) is 4.74 Å². The molecule has 1 N–H and O–H groups in total. The summed E-state index contributed by atoms with van der Waals surface area (Å²) >= 11 is 0. The van der Waals surface area contributed by atoms with Gasteiger partial charge in [0.05, 0.1) is 6.26 Å². The Kier molecular flexibility index (Phi) is 23.5. The van der Waals surface area contributed by atoms with Crippen molar-refractivity contribution >= 4 is 5.57 Å². The summed E-state index contributed by atoms with van der Waals surface area (Å²) in [6, 6.07) is 19.3. The number of rotatable bonds is 13. The number of allylic oxidation sites excluding steroid dienone is 26. The van der Waals surface area contributed by atoms with E-state index >= 15 is 0 Å². The molecule has 5 rings (SSSR count). The molecule has 1 aliphatic heterocycles. The van der Waals surface area contributed by atoms with Gasteiger partial charge >= 0.3 is 0 Å². The number of benzene rings is 2. The lowest BCUT2D eigenvalue weighted by molar-refractivity contribution is 0.363. The fourth-order valence-electron chi connectivity index (χ4n) is 5.66. The summed E-state index contributed by atoms with van der Waals surface area (Å²) in [5.41, 5.74) is 11.6. The molecular formula is C56H63NO. The number of hydrogen-bond acceptors (Lipinski definition) is 2. The molecule has 1 unspecified atom stereocenters. The third kappa shape index (κ3) is 16.6. The first-order valence-corrected chi connectivity index (χ1v) is 20.2. The van der Waals surface area contributed by atoms with Crippen molar-refractivity contribution in [2.24, 2.45) is 5.92 Å². The number of hydrogen-bond donors (Lipinski definition) is 1. The van der Waals surface area contributed by atoms with Crippen LogP contribution in [0, 0.1) is 5.92 Å². The first-order valence-electron chi connectivity index (χ1n) is 20.2. The molecular weight excluding hydrogens is 703 g/mol. The Bertz CT molecular complexity index is 2070. The molecule has 0 amide bonds. The van der Waals surface area contributed by atoms with Crippen LogP contribution in [0.5, 0.6) is 0 Å². The second kappa shape index (κ2) is 28.7. The third-order valence-electron chi connectivity index (χ3n) is 8.58. The van der Waals surface area contributed by atoms with Crippen molar-refractivity contribution in [2.45, 2.75) is 47.5 Å². The Labute approximate surface area is 351 Å². The van der Waals surface area contributed by atoms with Gasteiger partial charge in [0.2, 0.25) is 0 Å². The second-order valence-electron chi connectivity index (χ2n) is 12.5. The Morgan fingerprint density at radius 3 is 1.98 bits per heavy atom. The van der Waals surface area contributed by atoms with E-state index in [0.29, 0.717) is 5.92 Å². The molecule has 1 heterocycles. The smallest absolute Gasteiger partial charge is 0.133 e. The summed E-state index contributed by atoms with van der Waals surface area (Å²) in [5.74, 6) is 1.24. The zero-order valence-corrected chi connectivity index (χ0v) is 35.4. The molecule has 0 spiro atoms. The van der Waals surface area contributed by atoms with E-state index in [1.54, 1.807) is 18.4 Å². The summed E-state index contributed by atoms with van der Waals surface area (Å²) in [4.78, 5) is 0. The summed E-state index contributed by atoms with van der Waals surface area (Å²) in [5, 5.41) is 3.46. The highest BCUT2D eigenvalue weighted by atomic mass is 16.5. The highest BCUT2D eigenvalue weighted by Crippen LogP contribution is 2.33. The SMILES string of the molecule is C=C/C=C(\C=C/C)C1=C/C=C\C(=C)C(=C)/C=C\C=C/O\1.C=C/C=C\C=CC1C=C(C(/C=C\NC2=CC=C(c3ccc(-c4ccccc4)cc3)C2)=C/C=C)C1.CC.CC. The number of nitrogens with one attached hydrogen (secondary N) is 1. The Morgan fingerprint density at radius 1 is 0.690 bits per heavy atom. The van der Waals surface area contributed by atoms with Crippen molar-refractivity contribution in [2.75, 3.05) is 0 Å². The van der Waals surface area contributed by atoms with E-state index in [1.165, 1.54) is 39.1 Å². The lowest BCUT2D eigenvalue weighted by Crippen LogP contribution is -2.09. The van der Waals surface area contributed by atoms with E-state index in [0.717, 1.165) is 35.3 Å². The fourth-order valence-corrected chi connectivity index (χ4v) is 5.66. The Hall–Kier alpha value is -6.64. The lowest BCUT2D eigenvalue weighted by Gasteiger charge is -2.23. The maximum absolute atomic E-state index is 5.66. The normalized spacial score (nSPS) is 19.2. The molecule has 0 fully saturated rings. The molecule has 0 bridgehead atoms. The molecule has 2 aromatic carbocycles. The van der Waals surface area contributed by atoms with Gasteiger partial charge in [-0.15, -0.1) is 0 Å². The number of ether oxygens (including phenoxy) is 1. The van der Waals surface area contributed by atoms with Crippen LogP contribution in [0.1, 0.15) is 53.0 Å². The quantitative estimate of drug-likeness (QED) is 0.205. The van der Waals surface area contributed by atoms with Crippen molar-refractivity contribution in [3.63, 3.8) is 0 Å². The molecule has 3 aliphatic rings. The van der Waals surface area contributed by atoms with Crippen LogP contribution in [0.25, 0.3) is 16.7 Å². The van der Waals surface area contributed by atoms with Crippen LogP contribution in [0.3, 0.4) is 0 Å². The van der Waals surface area contributed by atoms with E-state index in [-0.39, 0.29) is 0 Å². The van der Waals surface area contributed by atoms with Gasteiger partial charge in [-0.3, -0.25) is 0 Å². The summed E-state index contributed by atoms with van der Waals surface area (Å²) in [7, 11) is 0. The maximum Gasteiger partial charge on any atom is 0.133 e. The molecule has 2 nitrogen and oxygen atoms in total. The van der Waals surface area contributed by atoms with Crippen LogP contribution in [0.4, 0.5) is 0 Å². The van der Waals surface area contributed by atoms with Crippen molar-refractivity contribution < 1.29 is 4.74 Å². The molecule has 1 atom stereocenters. The standard InChI is InChI=1S/C33H31N.C19H20O.2C2H6/c1-3-5-6-8-12-26-23-32(24-26)27(11-4-2)21-22-34-33-20-19-31(25-33)30-17-15-29(16-18-30)28-13-9-7-10-14-28;1-5-10-18(11-6-2)19-14-9-13-17(4)16(3)12-7-8-15-20-19;2*1-2/h3-23,26,34H,1-2,24-25H2;5-15H,1,3-4H2,2H3;2*1-2H3/b6-5-,12-8?,22-21-,27-11+;11-6-,12-7-,13-9-,15-8-,18-10+,19-14-;;. The van der Waals surface area contributed by atoms with Gasteiger partial charge in [-0.25, -0.2) is 0 Å². The minimum atomic E-state index is 0.497. The van der Waals surface area contributed by atoms with E-state index in [9.17, 15) is 0 Å². The first kappa shape index (κ1) is 47.5. The van der Waals surface area contributed by atoms with Crippen LogP contribution < -0.4 is 5.32 Å². The average Bonchev–Trinajstić information content (AvgIpc) is 3.71. The minimum Gasteiger partial charge on any atom is -0.464 e. The molecule has 2 aliphatic carbocycles. The first-order chi connectivity index (χ1) is 28.4. The molecule has 0 saturated carbocycles. The average molecular weight is 766 g/mol. The molecule has 298 valence electrons. The lowest BCUT2D eigenvalue weighted by atomic mass is 9.81. The van der Waals surface area contributed by atoms with Crippen LogP contribution in [0.15, 0.2) is 267 Å². The molecule has 2 aromatic rings. The predicted molar refractivity (Wildman–Crippen MR) is 258 cm³/mol. The van der Waals surface area contributed by atoms with Crippen molar-refractivity contribution in [1.82, 2.24) is 5.32 Å². The monoisotopic (exact) mass is 765 g/mol. The Morgan fingerprint density at radius 2 is 1.33 bits per heavy atom. The molecule has 0 saturated heterocycles. The van der Waals surface area contributed by atoms with Gasteiger partial charge < -0.3 is 10.1 Å². The van der Waals surface area contributed by atoms with E-state index in [2.05, 4.69) is 129 Å². The molecule has 2 heteroatoms. The zero-order valence-electron chi connectivity index (χ0n) is 35.4. The fraction of sp³-hybridized carbons (Fsp3) is 0.143. The highest BCUT2D eigenvalue weighted by molar-refractivity contribution is 5.74. The minimum absolute atomic E-state index is 0.497. The predicted octanol–water partition coefficient (Wildman–Crippen LogP) is 15.9. The van der Waals surface area contributed by atoms with Gasteiger partial charge in [0.15, 0.2) is 0 Å². The molecule has 58 heavy (non-hydrogen) atoms. The van der Waals surface area contributed by atoms with Gasteiger partial charge in [0, 0.05) is 23.9 Å². The summed E-state index contributed by atoms with van der Waals surface area (Å²) in [6.45, 7) is 29.2. The van der Waals surface area contributed by atoms with Gasteiger partial charge in [0.25, 0.3) is 0 Å². The van der Waals surface area contributed by atoms with Gasteiger partial charge in [0.1, 0.15) is 5.76 Å². The van der Waals surface area contributed by atoms with Crippen LogP contribution in [-0.4, -0.2) is 0 Å². The van der Waals surface area contributed by atoms with Crippen LogP contribution >= 0.6 is 0 Å². The van der Waals surface area contributed by atoms with Crippen molar-refractivity contribution in [1.29, 1.82) is 0 Å². The Balaban J connectivity index is 0.000000414. The largest absolute Gasteiger partial charge is 0.464 e. The maximum atomic E-state index is 5.66. The van der Waals surface area contributed by atoms with Crippen LogP contribution in [0.2, 0.25) is 0 Å². The molecule has 0 aromatic heterocycles. The summed E-state index contributed by atoms with van der Waals surface area (Å²) < 4.78 is 5.66. The van der Waals surface area contributed by atoms with Gasteiger partial charge in [-0.1, -0.05) is 218 Å². The van der Waals surface area contributed by atoms with Gasteiger partial charge in [-0.2, -0.15) is 0 Å². The molecule has 0 radical (unpaired) electrons.